The van der Waals surface area contributed by atoms with Crippen molar-refractivity contribution in [2.45, 2.75) is 90.9 Å². The summed E-state index contributed by atoms with van der Waals surface area (Å²) in [7, 11) is 4.11. The third-order valence-corrected chi connectivity index (χ3v) is 18.8. The Bertz CT molecular complexity index is 5690. The van der Waals surface area contributed by atoms with Gasteiger partial charge in [-0.1, -0.05) is 71.2 Å². The van der Waals surface area contributed by atoms with E-state index in [4.69, 9.17) is 10.2 Å². The van der Waals surface area contributed by atoms with Gasteiger partial charge in [0.2, 0.25) is 0 Å². The van der Waals surface area contributed by atoms with Crippen LogP contribution in [0.4, 0.5) is 39.5 Å². The summed E-state index contributed by atoms with van der Waals surface area (Å²) in [4.78, 5) is 55.6. The third-order valence-electron chi connectivity index (χ3n) is 18.3. The van der Waals surface area contributed by atoms with Crippen molar-refractivity contribution in [3.8, 4) is 22.7 Å². The molecule has 5 aromatic heterocycles. The number of carbonyl (C=O) groups is 5. The minimum Gasteiger partial charge on any atom is -0.478 e. The molecule has 0 bridgehead atoms. The van der Waals surface area contributed by atoms with Crippen molar-refractivity contribution in [2.24, 2.45) is 0 Å². The first kappa shape index (κ1) is 84.7. The van der Waals surface area contributed by atoms with Gasteiger partial charge in [-0.05, 0) is 243 Å². The molecule has 0 radical (unpaired) electrons. The summed E-state index contributed by atoms with van der Waals surface area (Å²) < 4.78 is 119. The number of Topliss-reactive ketones (excluding diaryl/α,β-unsaturated/α-hetero) is 3. The number of nitrogens with zero attached hydrogens (tertiary/aromatic N) is 9. The topological polar surface area (TPSA) is 250 Å². The maximum absolute atomic E-state index is 12.8. The fourth-order valence-corrected chi connectivity index (χ4v) is 12.7. The Morgan fingerprint density at radius 2 is 0.791 bits per heavy atom. The first-order chi connectivity index (χ1) is 54.6. The highest BCUT2D eigenvalue weighted by atomic mass is 79.9. The van der Waals surface area contributed by atoms with Crippen LogP contribution < -0.4 is 10.6 Å². The number of carboxylic acids is 2. The number of aromatic nitrogens is 10. The van der Waals surface area contributed by atoms with E-state index in [1.165, 1.54) is 96.2 Å². The second kappa shape index (κ2) is 37.3. The summed E-state index contributed by atoms with van der Waals surface area (Å²) in [6, 6.07) is 57.8. The number of carboxylic acid groups (broad SMARTS) is 2. The van der Waals surface area contributed by atoms with Crippen molar-refractivity contribution in [2.75, 3.05) is 14.1 Å². The zero-order chi connectivity index (χ0) is 83.1. The number of H-pyrrole nitrogens is 1. The van der Waals surface area contributed by atoms with Crippen LogP contribution in [-0.4, -0.2) is 115 Å². The lowest BCUT2D eigenvalue weighted by atomic mass is 9.91. The maximum Gasteiger partial charge on any atom is 0.416 e. The molecule has 15 aromatic rings. The van der Waals surface area contributed by atoms with Gasteiger partial charge in [-0.25, -0.2) is 28.3 Å². The van der Waals surface area contributed by atoms with Gasteiger partial charge in [-0.2, -0.15) is 65.0 Å². The van der Waals surface area contributed by atoms with E-state index in [0.29, 0.717) is 49.6 Å². The van der Waals surface area contributed by atoms with E-state index in [1.807, 2.05) is 83.0 Å². The number of benzene rings is 10. The molecular weight excluding hydrogens is 1560 g/mol. The number of aromatic amines is 1. The van der Waals surface area contributed by atoms with Gasteiger partial charge in [0, 0.05) is 72.6 Å². The Morgan fingerprint density at radius 1 is 0.426 bits per heavy atom. The number of hydrogen-bond donors (Lipinski definition) is 5. The van der Waals surface area contributed by atoms with Crippen LogP contribution in [0.2, 0.25) is 0 Å². The molecule has 592 valence electrons. The van der Waals surface area contributed by atoms with E-state index in [1.54, 1.807) is 93.2 Å². The lowest BCUT2D eigenvalue weighted by Gasteiger charge is -2.30. The molecular formula is C86H76BrF9N12O7. The zero-order valence-corrected chi connectivity index (χ0v) is 64.4. The number of ketones is 3. The molecule has 5 heterocycles. The van der Waals surface area contributed by atoms with Crippen LogP contribution in [0, 0.1) is 13.8 Å². The Balaban J connectivity index is 0.000000144. The predicted molar refractivity (Wildman–Crippen MR) is 427 cm³/mol. The number of hydrogen-bond acceptors (Lipinski definition) is 12. The molecule has 1 aliphatic carbocycles. The molecule has 1 fully saturated rings. The quantitative estimate of drug-likeness (QED) is 0.0597. The number of aryl methyl sites for hydroxylation is 2. The van der Waals surface area contributed by atoms with Crippen molar-refractivity contribution in [3.05, 3.63) is 303 Å². The SMILES string of the molecule is CC(=O)c1ccc2[nH]ncc2c1.CC(=O)c1ccc2c(cnn2-c2cccc(C)c2)c1.CC(=O)c1ccc2nn(-c3cccc(C(F)(F)F)c3)cc2c1.CN[C@@H]1CCCC[C@H]1NC.Cc1cccc(-n2ncc3cc(C(=O)O)ccc32)c1.FC(F)(F)c1cccc(Br)c1.O=C(O)c1ccc2nn(-c3cccc(C(F)(F)F)c3)cc2c1. The zero-order valence-electron chi connectivity index (χ0n) is 62.8. The Labute approximate surface area is 661 Å². The van der Waals surface area contributed by atoms with Gasteiger partial charge in [0.25, 0.3) is 0 Å². The lowest BCUT2D eigenvalue weighted by Crippen LogP contribution is -2.47. The van der Waals surface area contributed by atoms with Gasteiger partial charge in [0.1, 0.15) is 0 Å². The summed E-state index contributed by atoms with van der Waals surface area (Å²) >= 11 is 2.95. The number of nitrogens with one attached hydrogen (secondary N) is 3. The molecule has 1 aliphatic rings. The first-order valence-electron chi connectivity index (χ1n) is 35.7. The van der Waals surface area contributed by atoms with Gasteiger partial charge in [0.15, 0.2) is 17.3 Å². The second-order valence-electron chi connectivity index (χ2n) is 26.7. The average Bonchev–Trinajstić information content (AvgIpc) is 1.71. The van der Waals surface area contributed by atoms with Crippen LogP contribution in [0.15, 0.2) is 248 Å². The molecule has 10 aromatic carbocycles. The number of carbonyl (C=O) groups excluding carboxylic acids is 3. The second-order valence-corrected chi connectivity index (χ2v) is 27.6. The molecule has 5 N–H and O–H groups in total. The van der Waals surface area contributed by atoms with Crippen molar-refractivity contribution in [1.29, 1.82) is 0 Å². The molecule has 16 rings (SSSR count). The molecule has 0 spiro atoms. The lowest BCUT2D eigenvalue weighted by molar-refractivity contribution is -0.138. The molecule has 115 heavy (non-hydrogen) atoms. The number of alkyl halides is 9. The highest BCUT2D eigenvalue weighted by molar-refractivity contribution is 9.10. The van der Waals surface area contributed by atoms with Crippen molar-refractivity contribution in [1.82, 2.24) is 60.0 Å². The molecule has 1 saturated carbocycles. The normalized spacial score (nSPS) is 13.3. The largest absolute Gasteiger partial charge is 0.478 e. The first-order valence-corrected chi connectivity index (χ1v) is 36.5. The summed E-state index contributed by atoms with van der Waals surface area (Å²) in [5, 5.41) is 52.5. The smallest absolute Gasteiger partial charge is 0.416 e. The van der Waals surface area contributed by atoms with Crippen molar-refractivity contribution < 1.29 is 73.7 Å². The van der Waals surface area contributed by atoms with Crippen LogP contribution in [0.1, 0.15) is 126 Å². The summed E-state index contributed by atoms with van der Waals surface area (Å²) in [5.41, 5.74) is 9.13. The standard InChI is InChI=1S/C16H11F3N2O.C16H14N2O.C15H9F3N2O2.C15H12N2O2.C9H8N2O.C8H18N2.C7H4BrF3/c1-10(22)11-5-6-15-12(7-11)9-21(20-15)14-4-2-3-13(8-14)16(17,18)19;1-11-4-3-5-15(8-11)18-16-7-6-13(12(2)19)9-14(16)10-17-18;16-15(17,18)11-2-1-3-12(7-11)20-8-10-6-9(14(21)22)4-5-13(10)19-20;1-10-3-2-4-13(7-10)17-14-6-5-11(15(18)19)8-12(14)9-16-17;1-6(12)7-2-3-9-8(4-7)5-10-11-9;1-9-7-5-3-4-6-8(7)10-2;8-6-3-1-2-5(4-6)7(9,10)11/h2-9H,1H3;3-10H,1-2H3;1-8H,(H,21,22);2-9H,1H3,(H,18,19);2-5H,1H3,(H,10,11);7-10H,3-6H2,1-2H3;1-4H/t;;;;;7-,8-;/m.....1./s1. The Hall–Kier alpha value is -12.7. The number of halogens is 10. The van der Waals surface area contributed by atoms with Crippen LogP contribution in [0.25, 0.3) is 77.3 Å². The summed E-state index contributed by atoms with van der Waals surface area (Å²) in [6.07, 6.45) is 0.676. The molecule has 29 heteroatoms. The molecule has 0 aliphatic heterocycles. The minimum absolute atomic E-state index is 0.0743. The minimum atomic E-state index is -4.43. The Kier molecular flexibility index (Phi) is 27.5. The molecule has 0 saturated heterocycles. The van der Waals surface area contributed by atoms with E-state index < -0.39 is 47.2 Å². The molecule has 19 nitrogen and oxygen atoms in total. The number of rotatable bonds is 11. The fraction of sp³-hybridized carbons (Fsp3) is 0.186. The van der Waals surface area contributed by atoms with Gasteiger partial charge in [-0.15, -0.1) is 0 Å². The van der Waals surface area contributed by atoms with Gasteiger partial charge >= 0.3 is 30.5 Å². The Morgan fingerprint density at radius 3 is 1.20 bits per heavy atom. The van der Waals surface area contributed by atoms with Gasteiger partial charge in [0.05, 0.1) is 96.7 Å². The van der Waals surface area contributed by atoms with Crippen LogP contribution in [0.3, 0.4) is 0 Å². The monoisotopic (exact) mass is 1640 g/mol. The van der Waals surface area contributed by atoms with Crippen LogP contribution >= 0.6 is 15.9 Å². The molecule has 0 amide bonds. The van der Waals surface area contributed by atoms with E-state index >= 15 is 0 Å². The van der Waals surface area contributed by atoms with Crippen molar-refractivity contribution >= 4 is 99.7 Å². The summed E-state index contributed by atoms with van der Waals surface area (Å²) in [6.45, 7) is 8.67. The van der Waals surface area contributed by atoms with E-state index in [-0.39, 0.29) is 34.2 Å². The fourth-order valence-electron chi connectivity index (χ4n) is 12.3. The predicted octanol–water partition coefficient (Wildman–Crippen LogP) is 20.5. The molecule has 0 unspecified atom stereocenters. The average molecular weight is 1640 g/mol. The van der Waals surface area contributed by atoms with E-state index in [2.05, 4.69) is 90.3 Å². The third kappa shape index (κ3) is 22.4. The summed E-state index contributed by atoms with van der Waals surface area (Å²) in [5.74, 6) is -1.92. The maximum atomic E-state index is 12.8. The van der Waals surface area contributed by atoms with Gasteiger partial charge in [-0.3, -0.25) is 19.5 Å². The van der Waals surface area contributed by atoms with E-state index in [9.17, 15) is 63.5 Å². The number of aromatic carboxylic acids is 2. The van der Waals surface area contributed by atoms with Crippen LogP contribution in [-0.2, 0) is 18.5 Å². The van der Waals surface area contributed by atoms with E-state index in [0.717, 1.165) is 97.2 Å². The number of likely N-dealkylation sites (N-methyl/N-ethyl adjacent to an activating group) is 2. The van der Waals surface area contributed by atoms with Crippen LogP contribution in [0.5, 0.6) is 0 Å². The molecule has 2 atom stereocenters. The number of fused-ring (bicyclic) bond motifs is 5. The van der Waals surface area contributed by atoms with Gasteiger partial charge < -0.3 is 20.8 Å². The highest BCUT2D eigenvalue weighted by Gasteiger charge is 2.33. The van der Waals surface area contributed by atoms with Crippen molar-refractivity contribution in [3.63, 3.8) is 0 Å². The highest BCUT2D eigenvalue weighted by Crippen LogP contribution is 2.34.